The van der Waals surface area contributed by atoms with Gasteiger partial charge in [-0.15, -0.1) is 0 Å². The van der Waals surface area contributed by atoms with Gasteiger partial charge in [-0.05, 0) is 13.3 Å². The number of carbonyl (C=O) groups excluding carboxylic acids is 1. The highest BCUT2D eigenvalue weighted by Gasteiger charge is 2.19. The third-order valence-electron chi connectivity index (χ3n) is 2.56. The summed E-state index contributed by atoms with van der Waals surface area (Å²) in [6.07, 6.45) is 3.28. The Balaban J connectivity index is 2.97. The molecule has 0 bridgehead atoms. The lowest BCUT2D eigenvalue weighted by atomic mass is 10.0. The quantitative estimate of drug-likeness (QED) is 0.745. The number of hydrogen-bond acceptors (Lipinski definition) is 3. The van der Waals surface area contributed by atoms with Crippen molar-refractivity contribution in [2.45, 2.75) is 46.1 Å². The van der Waals surface area contributed by atoms with Crippen molar-refractivity contribution < 1.29 is 9.53 Å². The van der Waals surface area contributed by atoms with Crippen LogP contribution in [0.25, 0.3) is 0 Å². The molecule has 4 nitrogen and oxygen atoms in total. The number of ketones is 1. The Bertz CT molecular complexity index is 358. The van der Waals surface area contributed by atoms with Crippen LogP contribution in [-0.4, -0.2) is 22.7 Å². The first-order valence-electron chi connectivity index (χ1n) is 5.69. The summed E-state index contributed by atoms with van der Waals surface area (Å²) in [6, 6.07) is 0. The molecule has 1 unspecified atom stereocenters. The van der Waals surface area contributed by atoms with Crippen LogP contribution in [0.4, 0.5) is 0 Å². The second kappa shape index (κ2) is 5.68. The Morgan fingerprint density at radius 3 is 2.81 bits per heavy atom. The smallest absolute Gasteiger partial charge is 0.160 e. The molecule has 0 saturated heterocycles. The van der Waals surface area contributed by atoms with Gasteiger partial charge in [0.25, 0.3) is 0 Å². The average molecular weight is 224 g/mol. The number of aromatic nitrogens is 2. The number of hydrogen-bond donors (Lipinski definition) is 0. The molecule has 0 fully saturated rings. The van der Waals surface area contributed by atoms with Crippen LogP contribution in [0.2, 0.25) is 0 Å². The minimum absolute atomic E-state index is 0.154. The standard InChI is InChI=1S/C12H20N2O2/c1-5-6-14-12(9(2)7-10(3)15)11(16-4)8-13-14/h8-9H,5-7H2,1-4H3. The number of carbonyl (C=O) groups is 1. The van der Waals surface area contributed by atoms with Crippen molar-refractivity contribution in [1.29, 1.82) is 0 Å². The highest BCUT2D eigenvalue weighted by Crippen LogP contribution is 2.28. The molecule has 0 saturated carbocycles. The predicted molar refractivity (Wildman–Crippen MR) is 62.8 cm³/mol. The minimum atomic E-state index is 0.154. The lowest BCUT2D eigenvalue weighted by Crippen LogP contribution is -2.10. The van der Waals surface area contributed by atoms with Gasteiger partial charge in [-0.1, -0.05) is 13.8 Å². The molecular formula is C12H20N2O2. The summed E-state index contributed by atoms with van der Waals surface area (Å²) >= 11 is 0. The lowest BCUT2D eigenvalue weighted by Gasteiger charge is -2.14. The van der Waals surface area contributed by atoms with Crippen LogP contribution in [0.1, 0.15) is 45.2 Å². The Morgan fingerprint density at radius 1 is 1.62 bits per heavy atom. The van der Waals surface area contributed by atoms with E-state index < -0.39 is 0 Å². The molecule has 4 heteroatoms. The molecule has 0 aliphatic carbocycles. The van der Waals surface area contributed by atoms with E-state index >= 15 is 0 Å². The van der Waals surface area contributed by atoms with Crippen molar-refractivity contribution in [3.8, 4) is 5.75 Å². The van der Waals surface area contributed by atoms with Gasteiger partial charge < -0.3 is 9.53 Å². The van der Waals surface area contributed by atoms with Crippen molar-refractivity contribution in [1.82, 2.24) is 9.78 Å². The maximum absolute atomic E-state index is 11.1. The predicted octanol–water partition coefficient (Wildman–Crippen LogP) is 2.38. The van der Waals surface area contributed by atoms with Gasteiger partial charge >= 0.3 is 0 Å². The zero-order valence-corrected chi connectivity index (χ0v) is 10.5. The molecule has 0 aliphatic rings. The van der Waals surface area contributed by atoms with E-state index in [2.05, 4.69) is 12.0 Å². The molecule has 0 spiro atoms. The molecule has 1 atom stereocenters. The second-order valence-corrected chi connectivity index (χ2v) is 4.13. The maximum Gasteiger partial charge on any atom is 0.160 e. The van der Waals surface area contributed by atoms with E-state index in [-0.39, 0.29) is 11.7 Å². The summed E-state index contributed by atoms with van der Waals surface area (Å²) in [5, 5.41) is 4.29. The summed E-state index contributed by atoms with van der Waals surface area (Å²) in [7, 11) is 1.64. The largest absolute Gasteiger partial charge is 0.493 e. The van der Waals surface area contributed by atoms with Gasteiger partial charge in [0.15, 0.2) is 5.75 Å². The van der Waals surface area contributed by atoms with Gasteiger partial charge in [-0.3, -0.25) is 4.68 Å². The Labute approximate surface area is 96.6 Å². The molecule has 1 aromatic heterocycles. The SMILES string of the molecule is CCCn1ncc(OC)c1C(C)CC(C)=O. The van der Waals surface area contributed by atoms with Crippen LogP contribution >= 0.6 is 0 Å². The van der Waals surface area contributed by atoms with Crippen LogP contribution in [-0.2, 0) is 11.3 Å². The third kappa shape index (κ3) is 2.84. The highest BCUT2D eigenvalue weighted by atomic mass is 16.5. The summed E-state index contributed by atoms with van der Waals surface area (Å²) in [4.78, 5) is 11.1. The molecule has 16 heavy (non-hydrogen) atoms. The summed E-state index contributed by atoms with van der Waals surface area (Å²) in [5.41, 5.74) is 1.03. The average Bonchev–Trinajstić information content (AvgIpc) is 2.60. The fourth-order valence-corrected chi connectivity index (χ4v) is 1.95. The number of nitrogens with zero attached hydrogens (tertiary/aromatic N) is 2. The first-order chi connectivity index (χ1) is 7.60. The molecule has 0 aromatic carbocycles. The van der Waals surface area contributed by atoms with E-state index in [9.17, 15) is 4.79 Å². The van der Waals surface area contributed by atoms with Crippen LogP contribution in [0.15, 0.2) is 6.20 Å². The van der Waals surface area contributed by atoms with Gasteiger partial charge in [0.05, 0.1) is 19.0 Å². The monoisotopic (exact) mass is 224 g/mol. The fraction of sp³-hybridized carbons (Fsp3) is 0.667. The molecule has 90 valence electrons. The lowest BCUT2D eigenvalue weighted by molar-refractivity contribution is -0.117. The Hall–Kier alpha value is -1.32. The first-order valence-corrected chi connectivity index (χ1v) is 5.69. The first kappa shape index (κ1) is 12.7. The topological polar surface area (TPSA) is 44.1 Å². The molecule has 1 rings (SSSR count). The summed E-state index contributed by atoms with van der Waals surface area (Å²) < 4.78 is 7.22. The van der Waals surface area contributed by atoms with Gasteiger partial charge in [0.1, 0.15) is 5.78 Å². The molecular weight excluding hydrogens is 204 g/mol. The normalized spacial score (nSPS) is 12.5. The second-order valence-electron chi connectivity index (χ2n) is 4.13. The van der Waals surface area contributed by atoms with E-state index in [0.29, 0.717) is 6.42 Å². The maximum atomic E-state index is 11.1. The molecule has 0 radical (unpaired) electrons. The van der Waals surface area contributed by atoms with Crippen molar-refractivity contribution >= 4 is 5.78 Å². The Morgan fingerprint density at radius 2 is 2.31 bits per heavy atom. The number of ether oxygens (including phenoxy) is 1. The minimum Gasteiger partial charge on any atom is -0.493 e. The molecule has 1 heterocycles. The van der Waals surface area contributed by atoms with E-state index in [1.54, 1.807) is 20.2 Å². The van der Waals surface area contributed by atoms with Gasteiger partial charge in [0.2, 0.25) is 0 Å². The van der Waals surface area contributed by atoms with Crippen LogP contribution < -0.4 is 4.74 Å². The molecule has 0 N–H and O–H groups in total. The van der Waals surface area contributed by atoms with E-state index in [4.69, 9.17) is 4.74 Å². The molecule has 0 amide bonds. The van der Waals surface area contributed by atoms with E-state index in [0.717, 1.165) is 24.4 Å². The Kier molecular flexibility index (Phi) is 4.52. The molecule has 1 aromatic rings. The number of rotatable bonds is 6. The van der Waals surface area contributed by atoms with Crippen LogP contribution in [0.5, 0.6) is 5.75 Å². The third-order valence-corrected chi connectivity index (χ3v) is 2.56. The zero-order chi connectivity index (χ0) is 12.1. The van der Waals surface area contributed by atoms with Crippen molar-refractivity contribution in [3.63, 3.8) is 0 Å². The van der Waals surface area contributed by atoms with E-state index in [1.165, 1.54) is 0 Å². The molecule has 0 aliphatic heterocycles. The van der Waals surface area contributed by atoms with Gasteiger partial charge in [-0.25, -0.2) is 0 Å². The van der Waals surface area contributed by atoms with Crippen molar-refractivity contribution in [2.24, 2.45) is 0 Å². The highest BCUT2D eigenvalue weighted by molar-refractivity contribution is 5.76. The number of methoxy groups -OCH3 is 1. The zero-order valence-electron chi connectivity index (χ0n) is 10.5. The van der Waals surface area contributed by atoms with Crippen LogP contribution in [0.3, 0.4) is 0 Å². The van der Waals surface area contributed by atoms with Crippen molar-refractivity contribution in [2.75, 3.05) is 7.11 Å². The van der Waals surface area contributed by atoms with Gasteiger partial charge in [0, 0.05) is 18.9 Å². The fourth-order valence-electron chi connectivity index (χ4n) is 1.95. The summed E-state index contributed by atoms with van der Waals surface area (Å²) in [6.45, 7) is 6.62. The van der Waals surface area contributed by atoms with E-state index in [1.807, 2.05) is 11.6 Å². The van der Waals surface area contributed by atoms with Gasteiger partial charge in [-0.2, -0.15) is 5.10 Å². The van der Waals surface area contributed by atoms with Crippen molar-refractivity contribution in [3.05, 3.63) is 11.9 Å². The number of aryl methyl sites for hydroxylation is 1. The summed E-state index contributed by atoms with van der Waals surface area (Å²) in [5.74, 6) is 1.13. The number of Topliss-reactive ketones (excluding diaryl/α,β-unsaturated/α-hetero) is 1. The van der Waals surface area contributed by atoms with Crippen LogP contribution in [0, 0.1) is 0 Å².